The molecule has 4 aromatic rings. The summed E-state index contributed by atoms with van der Waals surface area (Å²) in [6.07, 6.45) is 5.68. The van der Waals surface area contributed by atoms with Gasteiger partial charge in [0.25, 0.3) is 0 Å². The first-order valence-electron chi connectivity index (χ1n) is 26.6. The van der Waals surface area contributed by atoms with Crippen molar-refractivity contribution in [1.82, 2.24) is 40.9 Å². The number of nitrogens with zero attached hydrogens (tertiary/aromatic N) is 4. The Labute approximate surface area is 432 Å². The second kappa shape index (κ2) is 22.4. The van der Waals surface area contributed by atoms with Crippen molar-refractivity contribution in [3.63, 3.8) is 0 Å². The number of hydrogen-bond acceptors (Lipinski definition) is 8. The van der Waals surface area contributed by atoms with Gasteiger partial charge in [-0.25, -0.2) is 0 Å². The van der Waals surface area contributed by atoms with Gasteiger partial charge in [-0.1, -0.05) is 109 Å². The largest absolute Gasteiger partial charge is 0.351 e. The Bertz CT molecular complexity index is 2760. The summed E-state index contributed by atoms with van der Waals surface area (Å²) in [6, 6.07) is 28.9. The van der Waals surface area contributed by atoms with E-state index in [9.17, 15) is 38.4 Å². The summed E-state index contributed by atoms with van der Waals surface area (Å²) >= 11 is 0. The van der Waals surface area contributed by atoms with Gasteiger partial charge >= 0.3 is 0 Å². The number of amides is 8. The first-order chi connectivity index (χ1) is 35.9. The van der Waals surface area contributed by atoms with Crippen molar-refractivity contribution in [2.45, 2.75) is 138 Å². The van der Waals surface area contributed by atoms with Gasteiger partial charge in [0.2, 0.25) is 47.3 Å². The van der Waals surface area contributed by atoms with Gasteiger partial charge in [0.05, 0.1) is 0 Å². The van der Waals surface area contributed by atoms with Crippen molar-refractivity contribution in [1.29, 1.82) is 0 Å². The minimum atomic E-state index is -0.941. The third-order valence-electron chi connectivity index (χ3n) is 15.9. The lowest BCUT2D eigenvalue weighted by Gasteiger charge is -2.32. The van der Waals surface area contributed by atoms with Crippen molar-refractivity contribution >= 4 is 47.3 Å². The molecular weight excluding hydrogens is 937 g/mol. The number of benzene rings is 4. The Kier molecular flexibility index (Phi) is 15.2. The highest BCUT2D eigenvalue weighted by Crippen LogP contribution is 2.30. The maximum atomic E-state index is 14.4. The lowest BCUT2D eigenvalue weighted by Crippen LogP contribution is -2.56. The predicted octanol–water partition coefficient (Wildman–Crippen LogP) is 3.63. The van der Waals surface area contributed by atoms with Gasteiger partial charge in [-0.2, -0.15) is 0 Å². The molecule has 0 spiro atoms. The molecule has 0 radical (unpaired) electrons. The number of rotatable bonds is 9. The average Bonchev–Trinajstić information content (AvgIpc) is 4.26. The first-order valence-corrected chi connectivity index (χ1v) is 26.6. The highest BCUT2D eigenvalue weighted by molar-refractivity contribution is 5.97. The minimum absolute atomic E-state index is 0.0301. The van der Waals surface area contributed by atoms with Crippen LogP contribution in [0.4, 0.5) is 0 Å². The third-order valence-corrected chi connectivity index (χ3v) is 15.9. The van der Waals surface area contributed by atoms with Crippen molar-refractivity contribution in [2.24, 2.45) is 0 Å². The Morgan fingerprint density at radius 3 is 1.47 bits per heavy atom. The van der Waals surface area contributed by atoms with Gasteiger partial charge in [-0.05, 0) is 97.6 Å². The molecule has 8 atom stereocenters. The van der Waals surface area contributed by atoms with Gasteiger partial charge in [0.15, 0.2) is 0 Å². The summed E-state index contributed by atoms with van der Waals surface area (Å²) in [4.78, 5) is 120. The summed E-state index contributed by atoms with van der Waals surface area (Å²) in [7, 11) is 0. The van der Waals surface area contributed by atoms with Crippen molar-refractivity contribution in [2.75, 3.05) is 26.2 Å². The number of nitrogens with one attached hydrogen (secondary N) is 4. The maximum absolute atomic E-state index is 14.4. The molecule has 6 heterocycles. The van der Waals surface area contributed by atoms with Crippen LogP contribution in [0.15, 0.2) is 109 Å². The summed E-state index contributed by atoms with van der Waals surface area (Å²) in [6.45, 7) is 1.69. The number of fused-ring (bicyclic) bond motifs is 4. The third kappa shape index (κ3) is 11.2. The van der Waals surface area contributed by atoms with E-state index < -0.39 is 54.2 Å². The molecule has 6 aliphatic heterocycles. The van der Waals surface area contributed by atoms with Gasteiger partial charge < -0.3 is 40.9 Å². The van der Waals surface area contributed by atoms with Gasteiger partial charge in [-0.15, -0.1) is 0 Å². The van der Waals surface area contributed by atoms with E-state index in [1.165, 1.54) is 0 Å². The van der Waals surface area contributed by atoms with E-state index >= 15 is 0 Å². The normalized spacial score (nSPS) is 27.2. The molecule has 6 aliphatic rings. The molecule has 6 saturated heterocycles. The Balaban J connectivity index is 0.870. The summed E-state index contributed by atoms with van der Waals surface area (Å²) in [5.74, 6) is -2.39. The summed E-state index contributed by atoms with van der Waals surface area (Å²) in [5.41, 5.74) is 5.27. The highest BCUT2D eigenvalue weighted by atomic mass is 16.2. The summed E-state index contributed by atoms with van der Waals surface area (Å²) < 4.78 is 0. The number of carbonyl (C=O) groups is 8. The molecule has 10 rings (SSSR count). The van der Waals surface area contributed by atoms with E-state index in [0.29, 0.717) is 90.4 Å². The molecule has 4 aromatic carbocycles. The van der Waals surface area contributed by atoms with Crippen LogP contribution in [-0.4, -0.2) is 141 Å². The van der Waals surface area contributed by atoms with Crippen LogP contribution in [0, 0.1) is 0 Å². The Morgan fingerprint density at radius 2 is 0.851 bits per heavy atom. The molecule has 0 aromatic heterocycles. The van der Waals surface area contributed by atoms with Crippen LogP contribution in [-0.2, 0) is 64.0 Å². The molecule has 16 nitrogen and oxygen atoms in total. The zero-order valence-corrected chi connectivity index (χ0v) is 41.8. The van der Waals surface area contributed by atoms with E-state index in [4.69, 9.17) is 0 Å². The second-order valence-corrected chi connectivity index (χ2v) is 21.0. The van der Waals surface area contributed by atoms with E-state index in [0.717, 1.165) is 33.4 Å². The fraction of sp³-hybridized carbons (Fsp3) is 0.448. The first kappa shape index (κ1) is 50.2. The van der Waals surface area contributed by atoms with Crippen LogP contribution in [0.1, 0.15) is 86.5 Å². The fourth-order valence-electron chi connectivity index (χ4n) is 12.2. The molecule has 74 heavy (non-hydrogen) atoms. The molecule has 6 fully saturated rings. The number of hydrogen-bond donors (Lipinski definition) is 4. The zero-order valence-electron chi connectivity index (χ0n) is 41.8. The van der Waals surface area contributed by atoms with Crippen molar-refractivity contribution in [3.8, 4) is 11.1 Å². The molecule has 16 heteroatoms. The lowest BCUT2D eigenvalue weighted by molar-refractivity contribution is -0.147. The van der Waals surface area contributed by atoms with E-state index in [2.05, 4.69) is 21.3 Å². The number of carbonyl (C=O) groups excluding carboxylic acids is 8. The highest BCUT2D eigenvalue weighted by Gasteiger charge is 2.46. The van der Waals surface area contributed by atoms with Gasteiger partial charge in [-0.3, -0.25) is 38.4 Å². The monoisotopic (exact) mass is 1000 g/mol. The van der Waals surface area contributed by atoms with Crippen LogP contribution < -0.4 is 21.3 Å². The van der Waals surface area contributed by atoms with E-state index in [1.807, 2.05) is 109 Å². The quantitative estimate of drug-likeness (QED) is 0.195. The van der Waals surface area contributed by atoms with E-state index in [1.54, 1.807) is 19.6 Å². The molecule has 8 unspecified atom stereocenters. The fourth-order valence-corrected chi connectivity index (χ4v) is 12.2. The van der Waals surface area contributed by atoms with Crippen molar-refractivity contribution in [3.05, 3.63) is 131 Å². The van der Waals surface area contributed by atoms with Crippen LogP contribution in [0.2, 0.25) is 0 Å². The van der Waals surface area contributed by atoms with Crippen LogP contribution in [0.5, 0.6) is 0 Å². The molecule has 0 saturated carbocycles. The molecule has 8 amide bonds. The van der Waals surface area contributed by atoms with Gasteiger partial charge in [0, 0.05) is 63.9 Å². The topological polar surface area (TPSA) is 198 Å². The van der Waals surface area contributed by atoms with Crippen LogP contribution >= 0.6 is 0 Å². The molecule has 0 aliphatic carbocycles. The molecule has 386 valence electrons. The van der Waals surface area contributed by atoms with Crippen molar-refractivity contribution < 1.29 is 38.4 Å². The standard InChI is InChI=1S/C58H66N8O8/c67-51-35-43(60-54(70)47-18-8-27-64(47)58(74)50-21-11-29-66(50)56(72)46(61-51)34-38-14-5-2-6-15-38)31-39-22-24-41(25-23-39)42-17-7-16-40(30-42)32-44-36-52(68)63-26-10-20-49(63)57(73)65-28-9-19-48(65)55(71)62-45(53(69)59-44)33-37-12-3-1-4-13-37/h1-7,12-17,22-25,30,43-50H,8-11,18-21,26-29,31-36H2,(H,59,69)(H,60,70)(H,61,67)(H,62,71). The summed E-state index contributed by atoms with van der Waals surface area (Å²) in [5, 5.41) is 12.3. The SMILES string of the molecule is O=C1CC(Cc2ccc(-c3cccc(CC4CC(=O)N5CCCC5C(=O)N5CCCC5C(=O)NC(Cc5ccccc5)C(=O)N4)c3)cc2)NC(=O)C2CCCN2C(=O)C2CCCN2C(=O)C(Cc2ccccc2)N1. The van der Waals surface area contributed by atoms with E-state index in [-0.39, 0.29) is 67.0 Å². The molecule has 0 bridgehead atoms. The second-order valence-electron chi connectivity index (χ2n) is 21.0. The minimum Gasteiger partial charge on any atom is -0.351 e. The average molecular weight is 1000 g/mol. The molecule has 4 N–H and O–H groups in total. The van der Waals surface area contributed by atoms with Crippen LogP contribution in [0.25, 0.3) is 11.1 Å². The maximum Gasteiger partial charge on any atom is 0.246 e. The van der Waals surface area contributed by atoms with Gasteiger partial charge in [0.1, 0.15) is 36.3 Å². The zero-order chi connectivity index (χ0) is 51.3. The Hall–Kier alpha value is -7.36. The van der Waals surface area contributed by atoms with Crippen LogP contribution in [0.3, 0.4) is 0 Å². The Morgan fingerprint density at radius 1 is 0.378 bits per heavy atom. The smallest absolute Gasteiger partial charge is 0.246 e. The predicted molar refractivity (Wildman–Crippen MR) is 275 cm³/mol. The lowest BCUT2D eigenvalue weighted by atomic mass is 9.95. The molecular formula is C58H66N8O8.